The van der Waals surface area contributed by atoms with Gasteiger partial charge in [0.25, 0.3) is 0 Å². The zero-order valence-electron chi connectivity index (χ0n) is 11.7. The van der Waals surface area contributed by atoms with Crippen LogP contribution >= 0.6 is 11.3 Å². The summed E-state index contributed by atoms with van der Waals surface area (Å²) in [6, 6.07) is 9.89. The van der Waals surface area contributed by atoms with Crippen molar-refractivity contribution in [1.82, 2.24) is 10.3 Å². The molecule has 0 aliphatic rings. The Bertz CT molecular complexity index is 602. The summed E-state index contributed by atoms with van der Waals surface area (Å²) < 4.78 is 0. The molecule has 0 unspecified atom stereocenters. The predicted octanol–water partition coefficient (Wildman–Crippen LogP) is 3.21. The average Bonchev–Trinajstić information content (AvgIpc) is 2.85. The minimum Gasteiger partial charge on any atom is -0.352 e. The summed E-state index contributed by atoms with van der Waals surface area (Å²) in [5.41, 5.74) is 3.07. The summed E-state index contributed by atoms with van der Waals surface area (Å²) in [5, 5.41) is 5.99. The number of carbonyl (C=O) groups excluding carboxylic acids is 1. The highest BCUT2D eigenvalue weighted by Gasteiger charge is 2.02. The van der Waals surface area contributed by atoms with Crippen LogP contribution in [-0.2, 0) is 11.2 Å². The molecule has 2 rings (SSSR count). The molecule has 1 aromatic heterocycles. The van der Waals surface area contributed by atoms with Crippen molar-refractivity contribution in [2.45, 2.75) is 20.3 Å². The first-order chi connectivity index (χ1) is 9.65. The van der Waals surface area contributed by atoms with Crippen LogP contribution in [0, 0.1) is 6.92 Å². The third-order valence-corrected chi connectivity index (χ3v) is 3.75. The number of amides is 1. The number of hydrogen-bond acceptors (Lipinski definition) is 3. The third kappa shape index (κ3) is 4.31. The van der Waals surface area contributed by atoms with Crippen molar-refractivity contribution in [1.29, 1.82) is 0 Å². The molecular weight excluding hydrogens is 268 g/mol. The lowest BCUT2D eigenvalue weighted by atomic mass is 10.1. The fraction of sp³-hybridized carbons (Fsp3) is 0.250. The summed E-state index contributed by atoms with van der Waals surface area (Å²) in [6.45, 7) is 4.54. The van der Waals surface area contributed by atoms with Gasteiger partial charge in [-0.3, -0.25) is 4.79 Å². The molecule has 4 heteroatoms. The Morgan fingerprint density at radius 2 is 2.10 bits per heavy atom. The molecule has 2 aromatic rings. The molecule has 0 atom stereocenters. The molecule has 1 aromatic carbocycles. The SMILES string of the molecule is C/C(=C\C(=O)NCCc1csc(C)n1)c1ccccc1. The molecule has 0 aliphatic heterocycles. The van der Waals surface area contributed by atoms with Crippen LogP contribution in [0.4, 0.5) is 0 Å². The number of nitrogens with one attached hydrogen (secondary N) is 1. The first-order valence-corrected chi connectivity index (χ1v) is 7.45. The highest BCUT2D eigenvalue weighted by atomic mass is 32.1. The highest BCUT2D eigenvalue weighted by Crippen LogP contribution is 2.12. The van der Waals surface area contributed by atoms with E-state index in [1.807, 2.05) is 49.6 Å². The van der Waals surface area contributed by atoms with Crippen molar-refractivity contribution in [3.8, 4) is 0 Å². The van der Waals surface area contributed by atoms with Crippen LogP contribution in [-0.4, -0.2) is 17.4 Å². The molecule has 0 spiro atoms. The van der Waals surface area contributed by atoms with Gasteiger partial charge in [-0.05, 0) is 25.0 Å². The van der Waals surface area contributed by atoms with Gasteiger partial charge in [0, 0.05) is 24.4 Å². The normalized spacial score (nSPS) is 11.4. The third-order valence-electron chi connectivity index (χ3n) is 2.92. The Morgan fingerprint density at radius 1 is 1.35 bits per heavy atom. The molecule has 3 nitrogen and oxygen atoms in total. The number of aryl methyl sites for hydroxylation is 1. The minimum absolute atomic E-state index is 0.0571. The van der Waals surface area contributed by atoms with E-state index in [0.717, 1.165) is 28.3 Å². The Kier molecular flexibility index (Phi) is 5.07. The van der Waals surface area contributed by atoms with Crippen LogP contribution in [0.2, 0.25) is 0 Å². The molecule has 0 saturated carbocycles. The average molecular weight is 286 g/mol. The van der Waals surface area contributed by atoms with E-state index in [1.54, 1.807) is 17.4 Å². The van der Waals surface area contributed by atoms with E-state index in [-0.39, 0.29) is 5.91 Å². The van der Waals surface area contributed by atoms with Gasteiger partial charge in [-0.15, -0.1) is 11.3 Å². The number of rotatable bonds is 5. The van der Waals surface area contributed by atoms with Crippen molar-refractivity contribution >= 4 is 22.8 Å². The topological polar surface area (TPSA) is 42.0 Å². The molecule has 1 heterocycles. The van der Waals surface area contributed by atoms with Gasteiger partial charge >= 0.3 is 0 Å². The number of carbonyl (C=O) groups is 1. The summed E-state index contributed by atoms with van der Waals surface area (Å²) >= 11 is 1.64. The van der Waals surface area contributed by atoms with Crippen LogP contribution in [0.5, 0.6) is 0 Å². The number of benzene rings is 1. The molecule has 0 saturated heterocycles. The van der Waals surface area contributed by atoms with E-state index in [0.29, 0.717) is 6.54 Å². The van der Waals surface area contributed by atoms with Gasteiger partial charge in [0.15, 0.2) is 0 Å². The minimum atomic E-state index is -0.0571. The summed E-state index contributed by atoms with van der Waals surface area (Å²) in [5.74, 6) is -0.0571. The zero-order chi connectivity index (χ0) is 14.4. The molecule has 20 heavy (non-hydrogen) atoms. The van der Waals surface area contributed by atoms with E-state index in [9.17, 15) is 4.79 Å². The van der Waals surface area contributed by atoms with Gasteiger partial charge in [0.05, 0.1) is 10.7 Å². The number of hydrogen-bond donors (Lipinski definition) is 1. The Labute approximate surface area is 123 Å². The molecular formula is C16H18N2OS. The molecule has 0 fully saturated rings. The lowest BCUT2D eigenvalue weighted by Crippen LogP contribution is -2.23. The molecule has 104 valence electrons. The van der Waals surface area contributed by atoms with E-state index in [4.69, 9.17) is 0 Å². The van der Waals surface area contributed by atoms with Crippen LogP contribution in [0.15, 0.2) is 41.8 Å². The van der Waals surface area contributed by atoms with Crippen LogP contribution in [0.1, 0.15) is 23.2 Å². The van der Waals surface area contributed by atoms with E-state index < -0.39 is 0 Å². The van der Waals surface area contributed by atoms with E-state index in [1.165, 1.54) is 0 Å². The van der Waals surface area contributed by atoms with E-state index >= 15 is 0 Å². The number of aromatic nitrogens is 1. The Morgan fingerprint density at radius 3 is 2.75 bits per heavy atom. The van der Waals surface area contributed by atoms with Gasteiger partial charge in [0.2, 0.25) is 5.91 Å². The summed E-state index contributed by atoms with van der Waals surface area (Å²) in [6.07, 6.45) is 2.41. The van der Waals surface area contributed by atoms with Crippen LogP contribution in [0.25, 0.3) is 5.57 Å². The van der Waals surface area contributed by atoms with Crippen LogP contribution < -0.4 is 5.32 Å². The second-order valence-corrected chi connectivity index (χ2v) is 5.65. The fourth-order valence-corrected chi connectivity index (χ4v) is 2.52. The first-order valence-electron chi connectivity index (χ1n) is 6.57. The second kappa shape index (κ2) is 7.01. The van der Waals surface area contributed by atoms with Crippen molar-refractivity contribution in [2.24, 2.45) is 0 Å². The molecule has 0 bridgehead atoms. The molecule has 0 aliphatic carbocycles. The maximum atomic E-state index is 11.8. The van der Waals surface area contributed by atoms with Gasteiger partial charge in [0.1, 0.15) is 0 Å². The van der Waals surface area contributed by atoms with Gasteiger partial charge < -0.3 is 5.32 Å². The quantitative estimate of drug-likeness (QED) is 0.858. The van der Waals surface area contributed by atoms with Crippen LogP contribution in [0.3, 0.4) is 0 Å². The van der Waals surface area contributed by atoms with Crippen molar-refractivity contribution in [2.75, 3.05) is 6.54 Å². The number of allylic oxidation sites excluding steroid dienone is 1. The lowest BCUT2D eigenvalue weighted by molar-refractivity contribution is -0.116. The van der Waals surface area contributed by atoms with Gasteiger partial charge in [-0.25, -0.2) is 4.98 Å². The maximum absolute atomic E-state index is 11.8. The molecule has 1 amide bonds. The zero-order valence-corrected chi connectivity index (χ0v) is 12.5. The van der Waals surface area contributed by atoms with Crippen molar-refractivity contribution < 1.29 is 4.79 Å². The molecule has 1 N–H and O–H groups in total. The second-order valence-electron chi connectivity index (χ2n) is 4.59. The maximum Gasteiger partial charge on any atom is 0.244 e. The van der Waals surface area contributed by atoms with Crippen molar-refractivity contribution in [3.63, 3.8) is 0 Å². The van der Waals surface area contributed by atoms with Crippen molar-refractivity contribution in [3.05, 3.63) is 58.1 Å². The Balaban J connectivity index is 1.83. The predicted molar refractivity (Wildman–Crippen MR) is 83.7 cm³/mol. The highest BCUT2D eigenvalue weighted by molar-refractivity contribution is 7.09. The molecule has 0 radical (unpaired) electrons. The Hall–Kier alpha value is -1.94. The largest absolute Gasteiger partial charge is 0.352 e. The lowest BCUT2D eigenvalue weighted by Gasteiger charge is -2.03. The first kappa shape index (κ1) is 14.5. The summed E-state index contributed by atoms with van der Waals surface area (Å²) in [7, 11) is 0. The smallest absolute Gasteiger partial charge is 0.244 e. The van der Waals surface area contributed by atoms with Gasteiger partial charge in [-0.1, -0.05) is 30.3 Å². The number of thiazole rings is 1. The number of nitrogens with zero attached hydrogens (tertiary/aromatic N) is 1. The standard InChI is InChI=1S/C16H18N2OS/c1-12(14-6-4-3-5-7-14)10-16(19)17-9-8-15-11-20-13(2)18-15/h3-7,10-11H,8-9H2,1-2H3,(H,17,19)/b12-10+. The van der Waals surface area contributed by atoms with Gasteiger partial charge in [-0.2, -0.15) is 0 Å². The summed E-state index contributed by atoms with van der Waals surface area (Å²) in [4.78, 5) is 16.2. The van der Waals surface area contributed by atoms with E-state index in [2.05, 4.69) is 10.3 Å². The monoisotopic (exact) mass is 286 g/mol. The fourth-order valence-electron chi connectivity index (χ4n) is 1.87.